The standard InChI is InChI=1S/C30H35N5O3/c1-3-29(37)31-16-7-6-12-27(35(22-36)26-15-14-24-10-4-5-11-25(24)21-26)30(38)34-19-17-33(18-20-34)28-13-8-9-23(2)32-28/h3-5,8-11,13-15,21-22,27H,1,6-7,12,16-20H2,2H3,(H,31,37)/t27-/m0/s1. The molecule has 1 fully saturated rings. The number of anilines is 2. The number of aryl methyl sites for hydroxylation is 1. The Morgan fingerprint density at radius 3 is 2.50 bits per heavy atom. The monoisotopic (exact) mass is 513 g/mol. The fraction of sp³-hybridized carbons (Fsp3) is 0.333. The molecule has 1 saturated heterocycles. The van der Waals surface area contributed by atoms with E-state index in [2.05, 4.69) is 21.8 Å². The van der Waals surface area contributed by atoms with Gasteiger partial charge in [0.2, 0.25) is 18.2 Å². The van der Waals surface area contributed by atoms with Crippen LogP contribution in [-0.4, -0.2) is 66.9 Å². The fourth-order valence-electron chi connectivity index (χ4n) is 4.85. The van der Waals surface area contributed by atoms with Crippen molar-refractivity contribution in [3.8, 4) is 0 Å². The van der Waals surface area contributed by atoms with Crippen LogP contribution in [0.4, 0.5) is 11.5 Å². The van der Waals surface area contributed by atoms with Crippen LogP contribution in [0.25, 0.3) is 10.8 Å². The number of piperazine rings is 1. The Kier molecular flexibility index (Phi) is 9.08. The lowest BCUT2D eigenvalue weighted by Crippen LogP contribution is -2.55. The minimum absolute atomic E-state index is 0.0581. The van der Waals surface area contributed by atoms with Crippen LogP contribution in [0.5, 0.6) is 0 Å². The molecule has 198 valence electrons. The molecule has 3 amide bonds. The second-order valence-corrected chi connectivity index (χ2v) is 9.50. The third kappa shape index (κ3) is 6.56. The maximum Gasteiger partial charge on any atom is 0.245 e. The second-order valence-electron chi connectivity index (χ2n) is 9.50. The Balaban J connectivity index is 1.49. The molecule has 8 nitrogen and oxygen atoms in total. The van der Waals surface area contributed by atoms with Gasteiger partial charge in [0, 0.05) is 44.1 Å². The lowest BCUT2D eigenvalue weighted by atomic mass is 10.0. The largest absolute Gasteiger partial charge is 0.353 e. The van der Waals surface area contributed by atoms with Gasteiger partial charge in [0.05, 0.1) is 0 Å². The van der Waals surface area contributed by atoms with Crippen molar-refractivity contribution in [1.29, 1.82) is 0 Å². The van der Waals surface area contributed by atoms with Gasteiger partial charge in [-0.15, -0.1) is 0 Å². The highest BCUT2D eigenvalue weighted by molar-refractivity contribution is 5.95. The van der Waals surface area contributed by atoms with Crippen molar-refractivity contribution in [1.82, 2.24) is 15.2 Å². The summed E-state index contributed by atoms with van der Waals surface area (Å²) < 4.78 is 0. The summed E-state index contributed by atoms with van der Waals surface area (Å²) in [5, 5.41) is 4.85. The number of carbonyl (C=O) groups excluding carboxylic acids is 3. The van der Waals surface area contributed by atoms with Crippen LogP contribution >= 0.6 is 0 Å². The van der Waals surface area contributed by atoms with Crippen LogP contribution in [0.1, 0.15) is 25.0 Å². The lowest BCUT2D eigenvalue weighted by molar-refractivity contribution is -0.134. The number of aromatic nitrogens is 1. The van der Waals surface area contributed by atoms with Crippen molar-refractivity contribution >= 4 is 40.5 Å². The minimum Gasteiger partial charge on any atom is -0.353 e. The number of nitrogens with one attached hydrogen (secondary N) is 1. The van der Waals surface area contributed by atoms with Crippen molar-refractivity contribution in [2.75, 3.05) is 42.5 Å². The molecule has 38 heavy (non-hydrogen) atoms. The fourth-order valence-corrected chi connectivity index (χ4v) is 4.85. The minimum atomic E-state index is -0.632. The van der Waals surface area contributed by atoms with Gasteiger partial charge in [0.15, 0.2) is 0 Å². The summed E-state index contributed by atoms with van der Waals surface area (Å²) in [7, 11) is 0. The molecule has 2 heterocycles. The molecule has 0 saturated carbocycles. The first-order valence-electron chi connectivity index (χ1n) is 13.1. The molecule has 8 heteroatoms. The van der Waals surface area contributed by atoms with Crippen LogP contribution in [0, 0.1) is 6.92 Å². The molecule has 0 bridgehead atoms. The van der Waals surface area contributed by atoms with Crippen LogP contribution in [0.3, 0.4) is 0 Å². The Bertz CT molecular complexity index is 1290. The number of benzene rings is 2. The molecular weight excluding hydrogens is 478 g/mol. The molecule has 0 spiro atoms. The summed E-state index contributed by atoms with van der Waals surface area (Å²) in [6.07, 6.45) is 3.87. The van der Waals surface area contributed by atoms with Crippen molar-refractivity contribution in [2.24, 2.45) is 0 Å². The molecule has 1 N–H and O–H groups in total. The van der Waals surface area contributed by atoms with E-state index in [0.29, 0.717) is 57.7 Å². The molecule has 0 radical (unpaired) electrons. The predicted molar refractivity (Wildman–Crippen MR) is 151 cm³/mol. The van der Waals surface area contributed by atoms with E-state index >= 15 is 0 Å². The first-order chi connectivity index (χ1) is 18.5. The first kappa shape index (κ1) is 26.9. The van der Waals surface area contributed by atoms with E-state index in [1.54, 1.807) is 4.90 Å². The number of nitrogens with zero attached hydrogens (tertiary/aromatic N) is 4. The summed E-state index contributed by atoms with van der Waals surface area (Å²) >= 11 is 0. The SMILES string of the molecule is C=CC(=O)NCCCC[C@@H](C(=O)N1CCN(c2cccc(C)n2)CC1)N(C=O)c1ccc2ccccc2c1. The zero-order chi connectivity index (χ0) is 26.9. The van der Waals surface area contributed by atoms with Gasteiger partial charge in [0.1, 0.15) is 11.9 Å². The number of rotatable bonds is 11. The normalized spacial score (nSPS) is 14.1. The average Bonchev–Trinajstić information content (AvgIpc) is 2.96. The molecule has 0 unspecified atom stereocenters. The van der Waals surface area contributed by atoms with Gasteiger partial charge in [-0.2, -0.15) is 0 Å². The number of carbonyl (C=O) groups is 3. The maximum atomic E-state index is 13.9. The first-order valence-corrected chi connectivity index (χ1v) is 13.1. The predicted octanol–water partition coefficient (Wildman–Crippen LogP) is 3.70. The number of hydrogen-bond donors (Lipinski definition) is 1. The topological polar surface area (TPSA) is 85.8 Å². The van der Waals surface area contributed by atoms with Gasteiger partial charge in [-0.1, -0.05) is 43.0 Å². The highest BCUT2D eigenvalue weighted by atomic mass is 16.2. The van der Waals surface area contributed by atoms with Gasteiger partial charge in [-0.05, 0) is 67.3 Å². The maximum absolute atomic E-state index is 13.9. The summed E-state index contributed by atoms with van der Waals surface area (Å²) in [5.74, 6) is 0.641. The van der Waals surface area contributed by atoms with E-state index in [-0.39, 0.29) is 11.8 Å². The number of amides is 3. The number of hydrogen-bond acceptors (Lipinski definition) is 5. The third-order valence-electron chi connectivity index (χ3n) is 6.94. The van der Waals surface area contributed by atoms with E-state index in [1.165, 1.54) is 6.08 Å². The van der Waals surface area contributed by atoms with Gasteiger partial charge in [-0.3, -0.25) is 14.4 Å². The Labute approximate surface area is 223 Å². The van der Waals surface area contributed by atoms with Crippen LogP contribution in [0.2, 0.25) is 0 Å². The van der Waals surface area contributed by atoms with Crippen LogP contribution in [0.15, 0.2) is 73.3 Å². The Morgan fingerprint density at radius 2 is 1.79 bits per heavy atom. The molecule has 1 aliphatic rings. The molecule has 1 aliphatic heterocycles. The van der Waals surface area contributed by atoms with E-state index in [4.69, 9.17) is 0 Å². The van der Waals surface area contributed by atoms with Crippen molar-refractivity contribution in [3.05, 3.63) is 79.0 Å². The Hall–Kier alpha value is -4.20. The van der Waals surface area contributed by atoms with Gasteiger partial charge < -0.3 is 20.0 Å². The summed E-state index contributed by atoms with van der Waals surface area (Å²) in [5.41, 5.74) is 1.65. The number of fused-ring (bicyclic) bond motifs is 1. The van der Waals surface area contributed by atoms with Crippen LogP contribution < -0.4 is 15.1 Å². The van der Waals surface area contributed by atoms with Crippen molar-refractivity contribution < 1.29 is 14.4 Å². The second kappa shape index (κ2) is 12.9. The van der Waals surface area contributed by atoms with Gasteiger partial charge >= 0.3 is 0 Å². The lowest BCUT2D eigenvalue weighted by Gasteiger charge is -2.39. The molecule has 0 aliphatic carbocycles. The molecule has 1 atom stereocenters. The molecule has 1 aromatic heterocycles. The van der Waals surface area contributed by atoms with E-state index in [1.807, 2.05) is 72.5 Å². The van der Waals surface area contributed by atoms with E-state index in [0.717, 1.165) is 28.7 Å². The molecule has 2 aromatic carbocycles. The molecule has 3 aromatic rings. The average molecular weight is 514 g/mol. The zero-order valence-electron chi connectivity index (χ0n) is 21.9. The van der Waals surface area contributed by atoms with Crippen molar-refractivity contribution in [3.63, 3.8) is 0 Å². The van der Waals surface area contributed by atoms with Gasteiger partial charge in [0.25, 0.3) is 0 Å². The van der Waals surface area contributed by atoms with E-state index in [9.17, 15) is 14.4 Å². The number of pyridine rings is 1. The third-order valence-corrected chi connectivity index (χ3v) is 6.94. The van der Waals surface area contributed by atoms with E-state index < -0.39 is 6.04 Å². The number of unbranched alkanes of at least 4 members (excludes halogenated alkanes) is 1. The molecule has 4 rings (SSSR count). The van der Waals surface area contributed by atoms with Crippen molar-refractivity contribution in [2.45, 2.75) is 32.2 Å². The summed E-state index contributed by atoms with van der Waals surface area (Å²) in [6.45, 7) is 8.41. The summed E-state index contributed by atoms with van der Waals surface area (Å²) in [6, 6.07) is 19.1. The highest BCUT2D eigenvalue weighted by Crippen LogP contribution is 2.26. The van der Waals surface area contributed by atoms with Gasteiger partial charge in [-0.25, -0.2) is 4.98 Å². The highest BCUT2D eigenvalue weighted by Gasteiger charge is 2.32. The summed E-state index contributed by atoms with van der Waals surface area (Å²) in [4.78, 5) is 48.0. The molecular formula is C30H35N5O3. The quantitative estimate of drug-likeness (QED) is 0.240. The van der Waals surface area contributed by atoms with Crippen LogP contribution in [-0.2, 0) is 14.4 Å². The Morgan fingerprint density at radius 1 is 1.03 bits per heavy atom. The zero-order valence-corrected chi connectivity index (χ0v) is 21.9. The smallest absolute Gasteiger partial charge is 0.245 e.